The molecule has 2 aromatic rings. The van der Waals surface area contributed by atoms with E-state index in [9.17, 15) is 9.59 Å². The van der Waals surface area contributed by atoms with Crippen LogP contribution in [0.1, 0.15) is 50.9 Å². The molecule has 1 atom stereocenters. The third-order valence-electron chi connectivity index (χ3n) is 4.67. The van der Waals surface area contributed by atoms with E-state index in [1.54, 1.807) is 24.3 Å². The van der Waals surface area contributed by atoms with Crippen LogP contribution in [0.25, 0.3) is 0 Å². The number of halogens is 1. The van der Waals surface area contributed by atoms with Crippen LogP contribution >= 0.6 is 22.9 Å². The summed E-state index contributed by atoms with van der Waals surface area (Å²) >= 11 is 7.36. The Morgan fingerprint density at radius 3 is 2.68 bits per heavy atom. The molecule has 0 saturated carbocycles. The molecule has 0 spiro atoms. The molecular formula is C19H20ClNO3S. The SMILES string of the molecule is CCC1CCc2c(sc(NC(=O)c3ccc(Cl)cc3)c2C(=O)OC)C1. The van der Waals surface area contributed by atoms with Crippen molar-refractivity contribution in [2.75, 3.05) is 12.4 Å². The number of methoxy groups -OCH3 is 1. The van der Waals surface area contributed by atoms with Crippen LogP contribution in [0.2, 0.25) is 5.02 Å². The van der Waals surface area contributed by atoms with E-state index in [0.29, 0.717) is 27.1 Å². The molecule has 1 heterocycles. The lowest BCUT2D eigenvalue weighted by Gasteiger charge is -2.20. The zero-order valence-corrected chi connectivity index (χ0v) is 15.8. The Morgan fingerprint density at radius 1 is 1.32 bits per heavy atom. The number of fused-ring (bicyclic) bond motifs is 1. The maximum atomic E-state index is 12.5. The van der Waals surface area contributed by atoms with E-state index in [0.717, 1.165) is 31.2 Å². The summed E-state index contributed by atoms with van der Waals surface area (Å²) in [7, 11) is 1.37. The summed E-state index contributed by atoms with van der Waals surface area (Å²) in [6.07, 6.45) is 4.00. The van der Waals surface area contributed by atoms with Gasteiger partial charge >= 0.3 is 5.97 Å². The molecule has 0 aliphatic heterocycles. The molecule has 1 aromatic heterocycles. The maximum absolute atomic E-state index is 12.5. The minimum Gasteiger partial charge on any atom is -0.465 e. The van der Waals surface area contributed by atoms with E-state index in [2.05, 4.69) is 12.2 Å². The molecule has 25 heavy (non-hydrogen) atoms. The van der Waals surface area contributed by atoms with E-state index in [1.807, 2.05) is 0 Å². The normalized spacial score (nSPS) is 16.2. The van der Waals surface area contributed by atoms with E-state index in [1.165, 1.54) is 23.3 Å². The number of rotatable bonds is 4. The van der Waals surface area contributed by atoms with Gasteiger partial charge in [-0.15, -0.1) is 11.3 Å². The van der Waals surface area contributed by atoms with Crippen LogP contribution < -0.4 is 5.32 Å². The van der Waals surface area contributed by atoms with Gasteiger partial charge < -0.3 is 10.1 Å². The third kappa shape index (κ3) is 3.72. The monoisotopic (exact) mass is 377 g/mol. The van der Waals surface area contributed by atoms with Crippen LogP contribution in [-0.4, -0.2) is 19.0 Å². The number of thiophene rings is 1. The first-order valence-corrected chi connectivity index (χ1v) is 9.52. The van der Waals surface area contributed by atoms with Crippen molar-refractivity contribution >= 4 is 39.8 Å². The van der Waals surface area contributed by atoms with Gasteiger partial charge in [-0.05, 0) is 55.0 Å². The fourth-order valence-corrected chi connectivity index (χ4v) is 4.66. The third-order valence-corrected chi connectivity index (χ3v) is 6.09. The average Bonchev–Trinajstić information content (AvgIpc) is 2.98. The summed E-state index contributed by atoms with van der Waals surface area (Å²) in [6, 6.07) is 6.66. The largest absolute Gasteiger partial charge is 0.465 e. The molecule has 1 N–H and O–H groups in total. The quantitative estimate of drug-likeness (QED) is 0.766. The van der Waals surface area contributed by atoms with E-state index in [-0.39, 0.29) is 11.9 Å². The molecule has 0 fully saturated rings. The molecule has 1 aliphatic rings. The number of nitrogens with one attached hydrogen (secondary N) is 1. The Balaban J connectivity index is 1.92. The van der Waals surface area contributed by atoms with Gasteiger partial charge in [0, 0.05) is 15.5 Å². The first kappa shape index (κ1) is 18.0. The summed E-state index contributed by atoms with van der Waals surface area (Å²) in [5.74, 6) is -0.0113. The number of carbonyl (C=O) groups excluding carboxylic acids is 2. The highest BCUT2D eigenvalue weighted by Crippen LogP contribution is 2.40. The standard InChI is InChI=1S/C19H20ClNO3S/c1-3-11-4-9-14-15(10-11)25-18(16(14)19(23)24-2)21-17(22)12-5-7-13(20)8-6-12/h5-8,11H,3-4,9-10H2,1-2H3,(H,21,22). The molecule has 132 valence electrons. The van der Waals surface area contributed by atoms with Crippen molar-refractivity contribution in [3.8, 4) is 0 Å². The van der Waals surface area contributed by atoms with Crippen molar-refractivity contribution < 1.29 is 14.3 Å². The van der Waals surface area contributed by atoms with Gasteiger partial charge in [0.1, 0.15) is 5.00 Å². The van der Waals surface area contributed by atoms with Crippen LogP contribution in [0.3, 0.4) is 0 Å². The highest BCUT2D eigenvalue weighted by atomic mass is 35.5. The molecular weight excluding hydrogens is 358 g/mol. The second kappa shape index (κ2) is 7.58. The molecule has 0 bridgehead atoms. The van der Waals surface area contributed by atoms with Crippen LogP contribution in [0.4, 0.5) is 5.00 Å². The van der Waals surface area contributed by atoms with Gasteiger partial charge in [-0.25, -0.2) is 4.79 Å². The predicted molar refractivity (Wildman–Crippen MR) is 101 cm³/mol. The Bertz CT molecular complexity index is 798. The number of ether oxygens (including phenoxy) is 1. The molecule has 1 aliphatic carbocycles. The molecule has 0 saturated heterocycles. The molecule has 4 nitrogen and oxygen atoms in total. The van der Waals surface area contributed by atoms with Crippen molar-refractivity contribution in [3.05, 3.63) is 50.9 Å². The lowest BCUT2D eigenvalue weighted by molar-refractivity contribution is 0.0601. The van der Waals surface area contributed by atoms with Crippen molar-refractivity contribution in [1.82, 2.24) is 0 Å². The lowest BCUT2D eigenvalue weighted by Crippen LogP contribution is -2.16. The zero-order valence-electron chi connectivity index (χ0n) is 14.2. The van der Waals surface area contributed by atoms with E-state index in [4.69, 9.17) is 16.3 Å². The molecule has 1 unspecified atom stereocenters. The molecule has 1 amide bonds. The summed E-state index contributed by atoms with van der Waals surface area (Å²) in [5, 5.41) is 4.04. The number of carbonyl (C=O) groups is 2. The fourth-order valence-electron chi connectivity index (χ4n) is 3.19. The first-order chi connectivity index (χ1) is 12.0. The van der Waals surface area contributed by atoms with Crippen molar-refractivity contribution in [3.63, 3.8) is 0 Å². The summed E-state index contributed by atoms with van der Waals surface area (Å²) in [4.78, 5) is 26.0. The Labute approximate surface area is 156 Å². The van der Waals surface area contributed by atoms with Gasteiger partial charge in [-0.1, -0.05) is 24.9 Å². The van der Waals surface area contributed by atoms with Crippen LogP contribution in [0.15, 0.2) is 24.3 Å². The smallest absolute Gasteiger partial charge is 0.341 e. The number of amides is 1. The highest BCUT2D eigenvalue weighted by molar-refractivity contribution is 7.17. The molecule has 6 heteroatoms. The Kier molecular flexibility index (Phi) is 5.45. The molecule has 0 radical (unpaired) electrons. The Hall–Kier alpha value is -1.85. The van der Waals surface area contributed by atoms with Crippen LogP contribution in [-0.2, 0) is 17.6 Å². The van der Waals surface area contributed by atoms with Gasteiger partial charge in [-0.2, -0.15) is 0 Å². The van der Waals surface area contributed by atoms with Gasteiger partial charge in [0.25, 0.3) is 5.91 Å². The number of benzene rings is 1. The molecule has 3 rings (SSSR count). The highest BCUT2D eigenvalue weighted by Gasteiger charge is 2.29. The fraction of sp³-hybridized carbons (Fsp3) is 0.368. The topological polar surface area (TPSA) is 55.4 Å². The number of hydrogen-bond acceptors (Lipinski definition) is 4. The van der Waals surface area contributed by atoms with Crippen molar-refractivity contribution in [2.45, 2.75) is 32.6 Å². The number of anilines is 1. The lowest BCUT2D eigenvalue weighted by atomic mass is 9.85. The second-order valence-electron chi connectivity index (χ2n) is 6.18. The minimum absolute atomic E-state index is 0.257. The summed E-state index contributed by atoms with van der Waals surface area (Å²) in [5.41, 5.74) is 2.05. The first-order valence-electron chi connectivity index (χ1n) is 8.33. The zero-order chi connectivity index (χ0) is 18.0. The van der Waals surface area contributed by atoms with Gasteiger partial charge in [0.15, 0.2) is 0 Å². The number of hydrogen-bond donors (Lipinski definition) is 1. The minimum atomic E-state index is -0.390. The maximum Gasteiger partial charge on any atom is 0.341 e. The van der Waals surface area contributed by atoms with E-state index < -0.39 is 0 Å². The Morgan fingerprint density at radius 2 is 2.04 bits per heavy atom. The molecule has 1 aromatic carbocycles. The van der Waals surface area contributed by atoms with Crippen LogP contribution in [0, 0.1) is 5.92 Å². The predicted octanol–water partition coefficient (Wildman–Crippen LogP) is 4.96. The van der Waals surface area contributed by atoms with Gasteiger partial charge in [0.05, 0.1) is 12.7 Å². The second-order valence-corrected chi connectivity index (χ2v) is 7.72. The van der Waals surface area contributed by atoms with Crippen LogP contribution in [0.5, 0.6) is 0 Å². The van der Waals surface area contributed by atoms with Crippen molar-refractivity contribution in [1.29, 1.82) is 0 Å². The van der Waals surface area contributed by atoms with Gasteiger partial charge in [0.2, 0.25) is 0 Å². The van der Waals surface area contributed by atoms with Crippen molar-refractivity contribution in [2.24, 2.45) is 5.92 Å². The van der Waals surface area contributed by atoms with E-state index >= 15 is 0 Å². The summed E-state index contributed by atoms with van der Waals surface area (Å²) < 4.78 is 4.96. The van der Waals surface area contributed by atoms with Gasteiger partial charge in [-0.3, -0.25) is 4.79 Å². The average molecular weight is 378 g/mol. The number of esters is 1. The summed E-state index contributed by atoms with van der Waals surface area (Å²) in [6.45, 7) is 2.19.